The van der Waals surface area contributed by atoms with E-state index in [2.05, 4.69) is 44.5 Å². The molecule has 0 aliphatic rings. The molecule has 0 spiro atoms. The molecular weight excluding hydrogens is 256 g/mol. The van der Waals surface area contributed by atoms with E-state index in [1.54, 1.807) is 0 Å². The Morgan fingerprint density at radius 2 is 2.00 bits per heavy atom. The maximum atomic E-state index is 3.56. The van der Waals surface area contributed by atoms with E-state index >= 15 is 0 Å². The first-order valence-electron chi connectivity index (χ1n) is 2.73. The third-order valence-electron chi connectivity index (χ3n) is 1.14. The molecule has 51 valence electrons. The molecule has 2 heteroatoms. The summed E-state index contributed by atoms with van der Waals surface area (Å²) in [7, 11) is 0. The van der Waals surface area contributed by atoms with Gasteiger partial charge in [-0.3, -0.25) is 0 Å². The van der Waals surface area contributed by atoms with Gasteiger partial charge < -0.3 is 0 Å². The van der Waals surface area contributed by atoms with Crippen molar-refractivity contribution in [2.24, 2.45) is 0 Å². The smallest absolute Gasteiger partial charge is 0.0395 e. The Hall–Kier alpha value is -0.0800. The fraction of sp³-hybridized carbons (Fsp3) is 0. The van der Waals surface area contributed by atoms with Crippen molar-refractivity contribution >= 4 is 31.9 Å². The lowest BCUT2D eigenvalue weighted by Gasteiger charge is -1.97. The second kappa shape index (κ2) is 3.35. The second-order valence-electron chi connectivity index (χ2n) is 1.78. The zero-order chi connectivity index (χ0) is 7.56. The molecule has 0 aromatic heterocycles. The Kier molecular flexibility index (Phi) is 2.69. The zero-order valence-electron chi connectivity index (χ0n) is 5.20. The van der Waals surface area contributed by atoms with E-state index in [9.17, 15) is 0 Å². The third kappa shape index (κ3) is 1.50. The molecular formula is C8H5Br2. The van der Waals surface area contributed by atoms with E-state index in [1.807, 2.05) is 18.2 Å². The first-order valence-corrected chi connectivity index (χ1v) is 4.31. The number of benzene rings is 1. The van der Waals surface area contributed by atoms with E-state index < -0.39 is 0 Å². The van der Waals surface area contributed by atoms with Crippen molar-refractivity contribution in [2.45, 2.75) is 0 Å². The lowest BCUT2D eigenvalue weighted by atomic mass is 10.2. The lowest BCUT2D eigenvalue weighted by Crippen LogP contribution is -1.76. The van der Waals surface area contributed by atoms with Gasteiger partial charge >= 0.3 is 0 Å². The van der Waals surface area contributed by atoms with Gasteiger partial charge in [-0.25, -0.2) is 0 Å². The standard InChI is InChI=1S/C8H5Br2/c1-2-6-4-3-5-7(9)8(6)10/h3-5H,1H2. The van der Waals surface area contributed by atoms with E-state index in [-0.39, 0.29) is 0 Å². The van der Waals surface area contributed by atoms with Crippen LogP contribution in [0.1, 0.15) is 5.56 Å². The minimum Gasteiger partial charge on any atom is -0.0905 e. The molecule has 0 saturated heterocycles. The summed E-state index contributed by atoms with van der Waals surface area (Å²) < 4.78 is 2.03. The normalized spacial score (nSPS) is 9.40. The molecule has 1 aromatic rings. The highest BCUT2D eigenvalue weighted by atomic mass is 79.9. The van der Waals surface area contributed by atoms with E-state index in [0.717, 1.165) is 14.5 Å². The highest BCUT2D eigenvalue weighted by Gasteiger charge is 1.97. The predicted molar refractivity (Wildman–Crippen MR) is 49.8 cm³/mol. The van der Waals surface area contributed by atoms with Crippen LogP contribution in [-0.4, -0.2) is 0 Å². The maximum absolute atomic E-state index is 3.56. The summed E-state index contributed by atoms with van der Waals surface area (Å²) in [6, 6.07) is 5.86. The molecule has 0 aliphatic carbocycles. The van der Waals surface area contributed by atoms with Crippen molar-refractivity contribution < 1.29 is 0 Å². The highest BCUT2D eigenvalue weighted by Crippen LogP contribution is 2.26. The van der Waals surface area contributed by atoms with Gasteiger partial charge in [0, 0.05) is 8.95 Å². The van der Waals surface area contributed by atoms with Crippen molar-refractivity contribution in [1.29, 1.82) is 0 Å². The van der Waals surface area contributed by atoms with Gasteiger partial charge in [0.25, 0.3) is 0 Å². The Morgan fingerprint density at radius 1 is 1.30 bits per heavy atom. The number of rotatable bonds is 1. The average molecular weight is 261 g/mol. The van der Waals surface area contributed by atoms with Gasteiger partial charge in [0.15, 0.2) is 0 Å². The van der Waals surface area contributed by atoms with Gasteiger partial charge in [0.2, 0.25) is 0 Å². The number of hydrogen-bond donors (Lipinski definition) is 0. The zero-order valence-corrected chi connectivity index (χ0v) is 8.37. The minimum absolute atomic E-state index is 0.981. The largest absolute Gasteiger partial charge is 0.0905 e. The fourth-order valence-corrected chi connectivity index (χ4v) is 1.41. The van der Waals surface area contributed by atoms with Crippen molar-refractivity contribution in [3.63, 3.8) is 0 Å². The van der Waals surface area contributed by atoms with Crippen LogP contribution in [0.4, 0.5) is 0 Å². The van der Waals surface area contributed by atoms with Crippen LogP contribution in [0.5, 0.6) is 0 Å². The van der Waals surface area contributed by atoms with Crippen molar-refractivity contribution in [3.8, 4) is 0 Å². The molecule has 0 amide bonds. The third-order valence-corrected chi connectivity index (χ3v) is 3.19. The number of halogens is 2. The van der Waals surface area contributed by atoms with Crippen LogP contribution in [0.2, 0.25) is 0 Å². The second-order valence-corrected chi connectivity index (χ2v) is 3.43. The van der Waals surface area contributed by atoms with Crippen molar-refractivity contribution in [3.05, 3.63) is 45.4 Å². The Labute approximate surface area is 77.2 Å². The molecule has 0 bridgehead atoms. The van der Waals surface area contributed by atoms with Crippen LogP contribution in [0.3, 0.4) is 0 Å². The van der Waals surface area contributed by atoms with Crippen LogP contribution in [-0.2, 0) is 0 Å². The van der Waals surface area contributed by atoms with Crippen LogP contribution in [0, 0.1) is 6.08 Å². The summed E-state index contributed by atoms with van der Waals surface area (Å²) in [6.07, 6.45) is 2.81. The van der Waals surface area contributed by atoms with Crippen LogP contribution < -0.4 is 0 Å². The minimum atomic E-state index is 0.981. The summed E-state index contributed by atoms with van der Waals surface area (Å²) in [4.78, 5) is 0. The Balaban J connectivity index is 3.27. The average Bonchev–Trinajstić information content (AvgIpc) is 1.95. The van der Waals surface area contributed by atoms with Gasteiger partial charge in [0.1, 0.15) is 0 Å². The number of hydrogen-bond acceptors (Lipinski definition) is 0. The van der Waals surface area contributed by atoms with Crippen LogP contribution >= 0.6 is 31.9 Å². The molecule has 10 heavy (non-hydrogen) atoms. The van der Waals surface area contributed by atoms with Gasteiger partial charge in [-0.2, -0.15) is 0 Å². The molecule has 0 heterocycles. The van der Waals surface area contributed by atoms with Crippen molar-refractivity contribution in [1.82, 2.24) is 0 Å². The summed E-state index contributed by atoms with van der Waals surface area (Å²) in [6.45, 7) is 3.56. The fourth-order valence-electron chi connectivity index (χ4n) is 0.640. The summed E-state index contributed by atoms with van der Waals surface area (Å²) >= 11 is 6.76. The Morgan fingerprint density at radius 3 is 2.50 bits per heavy atom. The predicted octanol–water partition coefficient (Wildman–Crippen LogP) is 3.55. The molecule has 0 nitrogen and oxygen atoms in total. The SMILES string of the molecule is C=[C]c1cccc(Br)c1Br. The molecule has 0 atom stereocenters. The van der Waals surface area contributed by atoms with Gasteiger partial charge in [-0.05, 0) is 49.6 Å². The van der Waals surface area contributed by atoms with Gasteiger partial charge in [0.05, 0.1) is 0 Å². The van der Waals surface area contributed by atoms with E-state index in [4.69, 9.17) is 0 Å². The van der Waals surface area contributed by atoms with Crippen LogP contribution in [0.25, 0.3) is 0 Å². The molecule has 1 aromatic carbocycles. The van der Waals surface area contributed by atoms with E-state index in [1.165, 1.54) is 0 Å². The molecule has 1 rings (SSSR count). The first kappa shape index (κ1) is 8.02. The summed E-state index contributed by atoms with van der Waals surface area (Å²) in [5.74, 6) is 0. The summed E-state index contributed by atoms with van der Waals surface area (Å²) in [5.41, 5.74) is 0.981. The molecule has 0 unspecified atom stereocenters. The molecule has 1 radical (unpaired) electrons. The first-order chi connectivity index (χ1) is 4.75. The van der Waals surface area contributed by atoms with Gasteiger partial charge in [-0.1, -0.05) is 18.7 Å². The highest BCUT2D eigenvalue weighted by molar-refractivity contribution is 9.13. The molecule has 0 aliphatic heterocycles. The quantitative estimate of drug-likeness (QED) is 0.725. The molecule has 0 N–H and O–H groups in total. The summed E-state index contributed by atoms with van der Waals surface area (Å²) in [5, 5.41) is 0. The lowest BCUT2D eigenvalue weighted by molar-refractivity contribution is 1.49. The Bertz CT molecular complexity index is 253. The topological polar surface area (TPSA) is 0 Å². The maximum Gasteiger partial charge on any atom is 0.0395 e. The molecule has 0 fully saturated rings. The van der Waals surface area contributed by atoms with Crippen LogP contribution in [0.15, 0.2) is 33.7 Å². The molecule has 0 saturated carbocycles. The van der Waals surface area contributed by atoms with E-state index in [0.29, 0.717) is 0 Å². The van der Waals surface area contributed by atoms with Gasteiger partial charge in [-0.15, -0.1) is 0 Å². The van der Waals surface area contributed by atoms with Crippen molar-refractivity contribution in [2.75, 3.05) is 0 Å². The monoisotopic (exact) mass is 259 g/mol.